The first-order valence-corrected chi connectivity index (χ1v) is 10.0. The summed E-state index contributed by atoms with van der Waals surface area (Å²) in [5.41, 5.74) is 2.22. The molecule has 0 aliphatic carbocycles. The minimum atomic E-state index is -0.0446. The second-order valence-electron chi connectivity index (χ2n) is 7.53. The Bertz CT molecular complexity index is 830. The molecule has 0 bridgehead atoms. The zero-order valence-corrected chi connectivity index (χ0v) is 16.3. The van der Waals surface area contributed by atoms with E-state index >= 15 is 0 Å². The van der Waals surface area contributed by atoms with Crippen molar-refractivity contribution in [2.45, 2.75) is 32.2 Å². The number of amides is 1. The molecule has 2 atom stereocenters. The molecule has 2 aliphatic heterocycles. The molecule has 4 rings (SSSR count). The summed E-state index contributed by atoms with van der Waals surface area (Å²) in [6, 6.07) is 7.47. The van der Waals surface area contributed by atoms with Gasteiger partial charge < -0.3 is 14.8 Å². The summed E-state index contributed by atoms with van der Waals surface area (Å²) in [5, 5.41) is 4.75. The third kappa shape index (κ3) is 4.10. The number of rotatable bonds is 3. The lowest BCUT2D eigenvalue weighted by atomic mass is 9.79. The van der Waals surface area contributed by atoms with Gasteiger partial charge in [-0.05, 0) is 50.3 Å². The van der Waals surface area contributed by atoms with Crippen LogP contribution in [0.2, 0.25) is 5.02 Å². The van der Waals surface area contributed by atoms with E-state index in [0.29, 0.717) is 35.6 Å². The van der Waals surface area contributed by atoms with Crippen LogP contribution in [0.4, 0.5) is 0 Å². The standard InChI is InChI=1S/C21H25ClN2O3/c1-13-10-17(16-3-2-15(22)11-20(16)23-13)21(25)24-19-6-9-27-12-18(19)14-4-7-26-8-5-14/h2-3,10-11,14,18-19H,4-9,12H2,1H3,(H,24,25)/t18-,19-/m0/s1. The van der Waals surface area contributed by atoms with E-state index in [4.69, 9.17) is 21.1 Å². The fourth-order valence-electron chi connectivity index (χ4n) is 4.32. The van der Waals surface area contributed by atoms with E-state index in [-0.39, 0.29) is 11.9 Å². The number of pyridine rings is 1. The zero-order chi connectivity index (χ0) is 18.8. The average Bonchev–Trinajstić information content (AvgIpc) is 2.68. The SMILES string of the molecule is Cc1cc(C(=O)N[C@H]2CCOC[C@H]2C2CCOCC2)c2ccc(Cl)cc2n1. The molecule has 0 saturated carbocycles. The van der Waals surface area contributed by atoms with Crippen LogP contribution in [0.25, 0.3) is 10.9 Å². The summed E-state index contributed by atoms with van der Waals surface area (Å²) in [6.45, 7) is 4.90. The first-order valence-electron chi connectivity index (χ1n) is 9.65. The Balaban J connectivity index is 1.58. The van der Waals surface area contributed by atoms with Gasteiger partial charge in [0.25, 0.3) is 5.91 Å². The van der Waals surface area contributed by atoms with Gasteiger partial charge in [0, 0.05) is 47.9 Å². The Kier molecular flexibility index (Phi) is 5.62. The van der Waals surface area contributed by atoms with Crippen LogP contribution in [-0.4, -0.2) is 43.4 Å². The lowest BCUT2D eigenvalue weighted by Crippen LogP contribution is -2.49. The Morgan fingerprint density at radius 1 is 1.15 bits per heavy atom. The van der Waals surface area contributed by atoms with Crippen LogP contribution in [0.1, 0.15) is 35.3 Å². The van der Waals surface area contributed by atoms with Gasteiger partial charge in [0.2, 0.25) is 0 Å². The summed E-state index contributed by atoms with van der Waals surface area (Å²) < 4.78 is 11.2. The van der Waals surface area contributed by atoms with Crippen molar-refractivity contribution in [3.8, 4) is 0 Å². The van der Waals surface area contributed by atoms with Crippen LogP contribution in [0.5, 0.6) is 0 Å². The van der Waals surface area contributed by atoms with Gasteiger partial charge in [0.1, 0.15) is 0 Å². The van der Waals surface area contributed by atoms with Crippen molar-refractivity contribution in [2.75, 3.05) is 26.4 Å². The molecule has 144 valence electrons. The normalized spacial score (nSPS) is 24.1. The summed E-state index contributed by atoms with van der Waals surface area (Å²) in [5.74, 6) is 0.839. The molecular formula is C21H25ClN2O3. The smallest absolute Gasteiger partial charge is 0.252 e. The van der Waals surface area contributed by atoms with Gasteiger partial charge >= 0.3 is 0 Å². The van der Waals surface area contributed by atoms with Crippen molar-refractivity contribution in [2.24, 2.45) is 11.8 Å². The van der Waals surface area contributed by atoms with Gasteiger partial charge in [-0.2, -0.15) is 0 Å². The molecule has 1 aromatic carbocycles. The maximum atomic E-state index is 13.2. The van der Waals surface area contributed by atoms with Crippen molar-refractivity contribution in [3.05, 3.63) is 40.5 Å². The predicted molar refractivity (Wildman–Crippen MR) is 105 cm³/mol. The number of hydrogen-bond acceptors (Lipinski definition) is 4. The first kappa shape index (κ1) is 18.7. The first-order chi connectivity index (χ1) is 13.1. The Morgan fingerprint density at radius 3 is 2.74 bits per heavy atom. The van der Waals surface area contributed by atoms with Crippen molar-refractivity contribution >= 4 is 28.4 Å². The molecule has 0 spiro atoms. The van der Waals surface area contributed by atoms with E-state index in [9.17, 15) is 4.79 Å². The number of carbonyl (C=O) groups is 1. The van der Waals surface area contributed by atoms with Gasteiger partial charge in [-0.25, -0.2) is 0 Å². The Labute approximate surface area is 164 Å². The fraction of sp³-hybridized carbons (Fsp3) is 0.524. The number of carbonyl (C=O) groups excluding carboxylic acids is 1. The molecule has 27 heavy (non-hydrogen) atoms. The maximum absolute atomic E-state index is 13.2. The number of nitrogens with one attached hydrogen (secondary N) is 1. The predicted octanol–water partition coefficient (Wildman–Crippen LogP) is 3.76. The highest BCUT2D eigenvalue weighted by atomic mass is 35.5. The highest BCUT2D eigenvalue weighted by Crippen LogP contribution is 2.31. The van der Waals surface area contributed by atoms with E-state index in [1.165, 1.54) is 0 Å². The number of hydrogen-bond donors (Lipinski definition) is 1. The van der Waals surface area contributed by atoms with Crippen molar-refractivity contribution < 1.29 is 14.3 Å². The number of halogens is 1. The lowest BCUT2D eigenvalue weighted by molar-refractivity contribution is -0.0259. The van der Waals surface area contributed by atoms with Gasteiger partial charge in [0.05, 0.1) is 17.7 Å². The number of aromatic nitrogens is 1. The van der Waals surface area contributed by atoms with Crippen LogP contribution in [0.15, 0.2) is 24.3 Å². The lowest BCUT2D eigenvalue weighted by Gasteiger charge is -2.39. The van der Waals surface area contributed by atoms with E-state index < -0.39 is 0 Å². The molecule has 3 heterocycles. The molecule has 5 nitrogen and oxygen atoms in total. The van der Waals surface area contributed by atoms with Crippen LogP contribution >= 0.6 is 11.6 Å². The number of ether oxygens (including phenoxy) is 2. The summed E-state index contributed by atoms with van der Waals surface area (Å²) in [4.78, 5) is 17.7. The number of fused-ring (bicyclic) bond motifs is 1. The molecular weight excluding hydrogens is 364 g/mol. The third-order valence-electron chi connectivity index (χ3n) is 5.73. The summed E-state index contributed by atoms with van der Waals surface area (Å²) in [6.07, 6.45) is 2.92. The average molecular weight is 389 g/mol. The molecule has 1 aromatic heterocycles. The molecule has 2 saturated heterocycles. The Hall–Kier alpha value is -1.69. The largest absolute Gasteiger partial charge is 0.381 e. The minimum absolute atomic E-state index is 0.0446. The van der Waals surface area contributed by atoms with Crippen LogP contribution in [0.3, 0.4) is 0 Å². The monoisotopic (exact) mass is 388 g/mol. The van der Waals surface area contributed by atoms with Gasteiger partial charge in [-0.1, -0.05) is 17.7 Å². The Morgan fingerprint density at radius 2 is 1.93 bits per heavy atom. The van der Waals surface area contributed by atoms with E-state index in [1.54, 1.807) is 12.1 Å². The van der Waals surface area contributed by atoms with Crippen LogP contribution in [0, 0.1) is 18.8 Å². The van der Waals surface area contributed by atoms with Gasteiger partial charge in [0.15, 0.2) is 0 Å². The highest BCUT2D eigenvalue weighted by Gasteiger charge is 2.34. The zero-order valence-electron chi connectivity index (χ0n) is 15.5. The molecule has 0 radical (unpaired) electrons. The van der Waals surface area contributed by atoms with Crippen molar-refractivity contribution in [3.63, 3.8) is 0 Å². The van der Waals surface area contributed by atoms with Crippen molar-refractivity contribution in [1.82, 2.24) is 10.3 Å². The number of nitrogens with zero attached hydrogens (tertiary/aromatic N) is 1. The summed E-state index contributed by atoms with van der Waals surface area (Å²) >= 11 is 6.10. The summed E-state index contributed by atoms with van der Waals surface area (Å²) in [7, 11) is 0. The second-order valence-corrected chi connectivity index (χ2v) is 7.97. The third-order valence-corrected chi connectivity index (χ3v) is 5.97. The quantitative estimate of drug-likeness (QED) is 0.869. The second kappa shape index (κ2) is 8.13. The topological polar surface area (TPSA) is 60.5 Å². The van der Waals surface area contributed by atoms with Crippen molar-refractivity contribution in [1.29, 1.82) is 0 Å². The fourth-order valence-corrected chi connectivity index (χ4v) is 4.48. The van der Waals surface area contributed by atoms with E-state index in [0.717, 1.165) is 49.1 Å². The molecule has 2 aromatic rings. The van der Waals surface area contributed by atoms with Gasteiger partial charge in [-0.15, -0.1) is 0 Å². The number of benzene rings is 1. The minimum Gasteiger partial charge on any atom is -0.381 e. The molecule has 6 heteroatoms. The maximum Gasteiger partial charge on any atom is 0.252 e. The highest BCUT2D eigenvalue weighted by molar-refractivity contribution is 6.31. The van der Waals surface area contributed by atoms with E-state index in [2.05, 4.69) is 10.3 Å². The molecule has 2 aliphatic rings. The van der Waals surface area contributed by atoms with Crippen LogP contribution in [-0.2, 0) is 9.47 Å². The van der Waals surface area contributed by atoms with E-state index in [1.807, 2.05) is 19.1 Å². The molecule has 1 N–H and O–H groups in total. The number of aryl methyl sites for hydroxylation is 1. The molecule has 0 unspecified atom stereocenters. The molecule has 2 fully saturated rings. The molecule has 1 amide bonds. The van der Waals surface area contributed by atoms with Crippen LogP contribution < -0.4 is 5.32 Å². The van der Waals surface area contributed by atoms with Gasteiger partial charge in [-0.3, -0.25) is 9.78 Å².